The number of urea groups is 1. The van der Waals surface area contributed by atoms with Gasteiger partial charge in [-0.3, -0.25) is 10.1 Å². The van der Waals surface area contributed by atoms with Crippen LogP contribution in [-0.4, -0.2) is 39.9 Å². The summed E-state index contributed by atoms with van der Waals surface area (Å²) in [5.41, 5.74) is 0.261. The summed E-state index contributed by atoms with van der Waals surface area (Å²) in [7, 11) is 1.52. The molecule has 2 aromatic rings. The summed E-state index contributed by atoms with van der Waals surface area (Å²) in [6.07, 6.45) is 0.837. The second-order valence-electron chi connectivity index (χ2n) is 6.48. The second-order valence-corrected chi connectivity index (χ2v) is 6.48. The molecule has 144 valence electrons. The molecule has 3 rings (SSSR count). The van der Waals surface area contributed by atoms with Crippen LogP contribution in [0.15, 0.2) is 29.1 Å². The van der Waals surface area contributed by atoms with Gasteiger partial charge in [0.05, 0.1) is 0 Å². The number of rotatable bonds is 3. The number of hydrogen-bond donors (Lipinski definition) is 1. The SMILES string of the molecule is Cc1cc(NC(=O)N2CCC(Oc3cc(F)cc(F)c3)CC2)nn(C)c1=O. The van der Waals surface area contributed by atoms with Crippen molar-refractivity contribution in [3.8, 4) is 5.75 Å². The number of amides is 2. The van der Waals surface area contributed by atoms with Gasteiger partial charge in [0, 0.05) is 56.7 Å². The molecule has 0 aliphatic carbocycles. The minimum absolute atomic E-state index is 0.139. The van der Waals surface area contributed by atoms with Crippen LogP contribution in [-0.2, 0) is 7.05 Å². The summed E-state index contributed by atoms with van der Waals surface area (Å²) in [4.78, 5) is 25.6. The fraction of sp³-hybridized carbons (Fsp3) is 0.389. The molecule has 1 N–H and O–H groups in total. The largest absolute Gasteiger partial charge is 0.490 e. The minimum Gasteiger partial charge on any atom is -0.490 e. The van der Waals surface area contributed by atoms with Gasteiger partial charge in [-0.15, -0.1) is 0 Å². The van der Waals surface area contributed by atoms with Crippen LogP contribution in [0, 0.1) is 18.6 Å². The number of ether oxygens (including phenoxy) is 1. The van der Waals surface area contributed by atoms with Crippen molar-refractivity contribution in [1.82, 2.24) is 14.7 Å². The van der Waals surface area contributed by atoms with Crippen LogP contribution in [0.4, 0.5) is 19.4 Å². The van der Waals surface area contributed by atoms with Crippen molar-refractivity contribution in [2.75, 3.05) is 18.4 Å². The smallest absolute Gasteiger partial charge is 0.323 e. The number of benzene rings is 1. The van der Waals surface area contributed by atoms with E-state index in [1.807, 2.05) is 0 Å². The summed E-state index contributed by atoms with van der Waals surface area (Å²) in [5, 5.41) is 6.68. The number of hydrogen-bond acceptors (Lipinski definition) is 4. The highest BCUT2D eigenvalue weighted by Crippen LogP contribution is 2.21. The van der Waals surface area contributed by atoms with Gasteiger partial charge in [-0.05, 0) is 13.0 Å². The molecule has 0 atom stereocenters. The Bertz CT molecular complexity index is 861. The average Bonchev–Trinajstić information content (AvgIpc) is 2.59. The third kappa shape index (κ3) is 4.60. The van der Waals surface area contributed by atoms with Crippen molar-refractivity contribution in [3.05, 3.63) is 51.8 Å². The Morgan fingerprint density at radius 2 is 1.81 bits per heavy atom. The molecule has 1 aliphatic rings. The van der Waals surface area contributed by atoms with E-state index in [0.29, 0.717) is 37.3 Å². The van der Waals surface area contributed by atoms with Crippen LogP contribution in [0.2, 0.25) is 0 Å². The van der Waals surface area contributed by atoms with Gasteiger partial charge in [-0.2, -0.15) is 5.10 Å². The molecule has 1 aromatic carbocycles. The van der Waals surface area contributed by atoms with Gasteiger partial charge in [0.2, 0.25) is 0 Å². The number of aromatic nitrogens is 2. The zero-order chi connectivity index (χ0) is 19.6. The summed E-state index contributed by atoms with van der Waals surface area (Å²) in [6.45, 7) is 2.51. The summed E-state index contributed by atoms with van der Waals surface area (Å²) in [5.74, 6) is -0.947. The number of aryl methyl sites for hydroxylation is 2. The highest BCUT2D eigenvalue weighted by atomic mass is 19.1. The molecule has 1 fully saturated rings. The standard InChI is InChI=1S/C18H20F2N4O3/c1-11-7-16(22-23(2)17(11)25)21-18(26)24-5-3-14(4-6-24)27-15-9-12(19)8-13(20)10-15/h7-10,14H,3-6H2,1-2H3,(H,21,22,26). The number of piperidine rings is 1. The van der Waals surface area contributed by atoms with Crippen molar-refractivity contribution in [2.45, 2.75) is 25.9 Å². The first kappa shape index (κ1) is 18.8. The van der Waals surface area contributed by atoms with Crippen molar-refractivity contribution in [3.63, 3.8) is 0 Å². The van der Waals surface area contributed by atoms with Gasteiger partial charge in [0.1, 0.15) is 23.5 Å². The quantitative estimate of drug-likeness (QED) is 0.890. The molecular weight excluding hydrogens is 358 g/mol. The molecule has 0 spiro atoms. The Hall–Kier alpha value is -2.97. The molecule has 0 unspecified atom stereocenters. The van der Waals surface area contributed by atoms with E-state index in [9.17, 15) is 18.4 Å². The molecular formula is C18H20F2N4O3. The van der Waals surface area contributed by atoms with Crippen LogP contribution in [0.5, 0.6) is 5.75 Å². The second kappa shape index (κ2) is 7.73. The molecule has 27 heavy (non-hydrogen) atoms. The number of carbonyl (C=O) groups is 1. The van der Waals surface area contributed by atoms with E-state index in [0.717, 1.165) is 18.2 Å². The molecule has 0 radical (unpaired) electrons. The predicted molar refractivity (Wildman–Crippen MR) is 94.8 cm³/mol. The van der Waals surface area contributed by atoms with Crippen LogP contribution in [0.1, 0.15) is 18.4 Å². The Kier molecular flexibility index (Phi) is 5.38. The molecule has 2 heterocycles. The van der Waals surface area contributed by atoms with E-state index in [4.69, 9.17) is 4.74 Å². The molecule has 1 aromatic heterocycles. The predicted octanol–water partition coefficient (Wildman–Crippen LogP) is 2.44. The monoisotopic (exact) mass is 378 g/mol. The maximum absolute atomic E-state index is 13.2. The lowest BCUT2D eigenvalue weighted by Crippen LogP contribution is -2.44. The normalized spacial score (nSPS) is 14.9. The summed E-state index contributed by atoms with van der Waals surface area (Å²) >= 11 is 0. The number of anilines is 1. The number of nitrogens with one attached hydrogen (secondary N) is 1. The van der Waals surface area contributed by atoms with Gasteiger partial charge < -0.3 is 9.64 Å². The third-order valence-corrected chi connectivity index (χ3v) is 4.35. The Morgan fingerprint density at radius 3 is 2.41 bits per heavy atom. The lowest BCUT2D eigenvalue weighted by Gasteiger charge is -2.32. The zero-order valence-corrected chi connectivity index (χ0v) is 15.0. The fourth-order valence-corrected chi connectivity index (χ4v) is 2.97. The lowest BCUT2D eigenvalue weighted by molar-refractivity contribution is 0.115. The highest BCUT2D eigenvalue weighted by molar-refractivity contribution is 5.88. The van der Waals surface area contributed by atoms with E-state index in [1.165, 1.54) is 17.8 Å². The Labute approximate surface area is 154 Å². The molecule has 7 nitrogen and oxygen atoms in total. The van der Waals surface area contributed by atoms with Crippen molar-refractivity contribution >= 4 is 11.8 Å². The lowest BCUT2D eigenvalue weighted by atomic mass is 10.1. The van der Waals surface area contributed by atoms with Crippen LogP contribution < -0.4 is 15.6 Å². The number of halogens is 2. The summed E-state index contributed by atoms with van der Waals surface area (Å²) < 4.78 is 33.2. The molecule has 2 amide bonds. The van der Waals surface area contributed by atoms with Gasteiger partial charge in [-0.1, -0.05) is 0 Å². The summed E-state index contributed by atoms with van der Waals surface area (Å²) in [6, 6.07) is 4.26. The molecule has 0 bridgehead atoms. The van der Waals surface area contributed by atoms with Gasteiger partial charge in [0.15, 0.2) is 5.82 Å². The highest BCUT2D eigenvalue weighted by Gasteiger charge is 2.24. The van der Waals surface area contributed by atoms with Gasteiger partial charge in [0.25, 0.3) is 5.56 Å². The number of carbonyl (C=O) groups excluding carboxylic acids is 1. The first-order chi connectivity index (χ1) is 12.8. The van der Waals surface area contributed by atoms with E-state index in [-0.39, 0.29) is 23.4 Å². The Morgan fingerprint density at radius 1 is 1.19 bits per heavy atom. The van der Waals surface area contributed by atoms with Crippen molar-refractivity contribution in [1.29, 1.82) is 0 Å². The molecule has 1 aliphatic heterocycles. The van der Waals surface area contributed by atoms with E-state index in [1.54, 1.807) is 11.8 Å². The topological polar surface area (TPSA) is 76.5 Å². The average molecular weight is 378 g/mol. The first-order valence-corrected chi connectivity index (χ1v) is 8.55. The van der Waals surface area contributed by atoms with Gasteiger partial charge >= 0.3 is 6.03 Å². The maximum Gasteiger partial charge on any atom is 0.323 e. The molecule has 9 heteroatoms. The molecule has 0 saturated carbocycles. The zero-order valence-electron chi connectivity index (χ0n) is 15.0. The minimum atomic E-state index is -0.693. The fourth-order valence-electron chi connectivity index (χ4n) is 2.97. The number of likely N-dealkylation sites (tertiary alicyclic amines) is 1. The van der Waals surface area contributed by atoms with Crippen molar-refractivity contribution < 1.29 is 18.3 Å². The third-order valence-electron chi connectivity index (χ3n) is 4.35. The van der Waals surface area contributed by atoms with E-state index < -0.39 is 11.6 Å². The van der Waals surface area contributed by atoms with Gasteiger partial charge in [-0.25, -0.2) is 18.3 Å². The first-order valence-electron chi connectivity index (χ1n) is 8.55. The van der Waals surface area contributed by atoms with Crippen molar-refractivity contribution in [2.24, 2.45) is 7.05 Å². The van der Waals surface area contributed by atoms with Crippen LogP contribution >= 0.6 is 0 Å². The Balaban J connectivity index is 1.55. The van der Waals surface area contributed by atoms with Crippen LogP contribution in [0.25, 0.3) is 0 Å². The van der Waals surface area contributed by atoms with E-state index in [2.05, 4.69) is 10.4 Å². The maximum atomic E-state index is 13.2. The number of nitrogens with zero attached hydrogens (tertiary/aromatic N) is 3. The van der Waals surface area contributed by atoms with E-state index >= 15 is 0 Å². The van der Waals surface area contributed by atoms with Crippen LogP contribution in [0.3, 0.4) is 0 Å². The molecule has 1 saturated heterocycles.